The monoisotopic (exact) mass is 315 g/mol. The van der Waals surface area contributed by atoms with Crippen LogP contribution in [0.15, 0.2) is 24.4 Å². The summed E-state index contributed by atoms with van der Waals surface area (Å²) < 4.78 is 0. The Labute approximate surface area is 137 Å². The van der Waals surface area contributed by atoms with Gasteiger partial charge in [-0.1, -0.05) is 13.0 Å². The molecule has 4 atom stereocenters. The highest BCUT2D eigenvalue weighted by Gasteiger charge is 2.43. The Kier molecular flexibility index (Phi) is 4.64. The molecule has 1 saturated carbocycles. The van der Waals surface area contributed by atoms with E-state index in [4.69, 9.17) is 0 Å². The van der Waals surface area contributed by atoms with Crippen LogP contribution in [0, 0.1) is 17.8 Å². The van der Waals surface area contributed by atoms with E-state index in [1.165, 1.54) is 6.92 Å². The predicted molar refractivity (Wildman–Crippen MR) is 87.4 cm³/mol. The molecule has 2 heterocycles. The molecule has 2 amide bonds. The molecule has 1 aromatic rings. The summed E-state index contributed by atoms with van der Waals surface area (Å²) in [6, 6.07) is 5.64. The van der Waals surface area contributed by atoms with E-state index in [2.05, 4.69) is 17.2 Å². The van der Waals surface area contributed by atoms with E-state index in [0.717, 1.165) is 31.5 Å². The van der Waals surface area contributed by atoms with Crippen molar-refractivity contribution in [2.45, 2.75) is 39.2 Å². The summed E-state index contributed by atoms with van der Waals surface area (Å²) in [5, 5.41) is 3.04. The number of nitrogens with one attached hydrogen (secondary N) is 1. The van der Waals surface area contributed by atoms with Gasteiger partial charge in [-0.25, -0.2) is 0 Å². The van der Waals surface area contributed by atoms with E-state index >= 15 is 0 Å². The molecule has 3 rings (SSSR count). The SMILES string of the molecule is CC(=O)N[C@H](c1ccccn1)[C@H]1CCCN(C(=O)[C@@H]2C[C@H]2C)C1. The second-order valence-electron chi connectivity index (χ2n) is 6.94. The largest absolute Gasteiger partial charge is 0.348 e. The Morgan fingerprint density at radius 1 is 1.39 bits per heavy atom. The Morgan fingerprint density at radius 3 is 2.78 bits per heavy atom. The normalized spacial score (nSPS) is 28.1. The average molecular weight is 315 g/mol. The Hall–Kier alpha value is -1.91. The third-order valence-corrected chi connectivity index (χ3v) is 5.03. The summed E-state index contributed by atoms with van der Waals surface area (Å²) in [6.45, 7) is 5.22. The molecule has 5 nitrogen and oxygen atoms in total. The van der Waals surface area contributed by atoms with Crippen molar-refractivity contribution < 1.29 is 9.59 Å². The number of piperidine rings is 1. The highest BCUT2D eigenvalue weighted by Crippen LogP contribution is 2.40. The van der Waals surface area contributed by atoms with Crippen molar-refractivity contribution in [3.05, 3.63) is 30.1 Å². The molecule has 1 aliphatic heterocycles. The number of hydrogen-bond donors (Lipinski definition) is 1. The maximum atomic E-state index is 12.5. The first-order valence-corrected chi connectivity index (χ1v) is 8.53. The minimum Gasteiger partial charge on any atom is -0.348 e. The van der Waals surface area contributed by atoms with E-state index in [1.54, 1.807) is 6.20 Å². The quantitative estimate of drug-likeness (QED) is 0.926. The zero-order valence-electron chi connectivity index (χ0n) is 13.9. The number of likely N-dealkylation sites (tertiary alicyclic amines) is 1. The summed E-state index contributed by atoms with van der Waals surface area (Å²) >= 11 is 0. The molecule has 1 N–H and O–H groups in total. The van der Waals surface area contributed by atoms with Crippen LogP contribution in [0.25, 0.3) is 0 Å². The molecule has 0 spiro atoms. The molecule has 23 heavy (non-hydrogen) atoms. The molecule has 0 unspecified atom stereocenters. The molecule has 5 heteroatoms. The van der Waals surface area contributed by atoms with Gasteiger partial charge < -0.3 is 10.2 Å². The average Bonchev–Trinajstić information content (AvgIpc) is 3.29. The first kappa shape index (κ1) is 16.0. The molecule has 0 bridgehead atoms. The Bertz CT molecular complexity index is 575. The summed E-state index contributed by atoms with van der Waals surface area (Å²) in [5.74, 6) is 1.22. The molecule has 0 radical (unpaired) electrons. The van der Waals surface area contributed by atoms with E-state index in [1.807, 2.05) is 23.1 Å². The standard InChI is InChI=1S/C18H25N3O2/c1-12-10-15(12)18(23)21-9-5-6-14(11-21)17(20-13(2)22)16-7-3-4-8-19-16/h3-4,7-8,12,14-15,17H,5-6,9-11H2,1-2H3,(H,20,22)/t12-,14+,15-,17+/m1/s1. The summed E-state index contributed by atoms with van der Waals surface area (Å²) in [7, 11) is 0. The summed E-state index contributed by atoms with van der Waals surface area (Å²) in [6.07, 6.45) is 4.77. The smallest absolute Gasteiger partial charge is 0.225 e. The number of rotatable bonds is 4. The maximum Gasteiger partial charge on any atom is 0.225 e. The van der Waals surface area contributed by atoms with Gasteiger partial charge in [-0.3, -0.25) is 14.6 Å². The van der Waals surface area contributed by atoms with Crippen LogP contribution in [-0.4, -0.2) is 34.8 Å². The van der Waals surface area contributed by atoms with E-state index < -0.39 is 0 Å². The van der Waals surface area contributed by atoms with E-state index in [9.17, 15) is 9.59 Å². The van der Waals surface area contributed by atoms with Crippen molar-refractivity contribution in [3.63, 3.8) is 0 Å². The fraction of sp³-hybridized carbons (Fsp3) is 0.611. The van der Waals surface area contributed by atoms with Gasteiger partial charge in [0.2, 0.25) is 11.8 Å². The van der Waals surface area contributed by atoms with Crippen LogP contribution in [0.1, 0.15) is 44.8 Å². The highest BCUT2D eigenvalue weighted by molar-refractivity contribution is 5.81. The first-order valence-electron chi connectivity index (χ1n) is 8.53. The van der Waals surface area contributed by atoms with Crippen molar-refractivity contribution in [1.29, 1.82) is 0 Å². The van der Waals surface area contributed by atoms with Gasteiger partial charge in [0.15, 0.2) is 0 Å². The number of pyridine rings is 1. The van der Waals surface area contributed by atoms with Gasteiger partial charge in [0.25, 0.3) is 0 Å². The van der Waals surface area contributed by atoms with Crippen LogP contribution in [0.4, 0.5) is 0 Å². The van der Waals surface area contributed by atoms with E-state index in [-0.39, 0.29) is 23.8 Å². The highest BCUT2D eigenvalue weighted by atomic mass is 16.2. The van der Waals surface area contributed by atoms with Gasteiger partial charge in [-0.2, -0.15) is 0 Å². The molecule has 124 valence electrons. The first-order chi connectivity index (χ1) is 11.1. The number of carbonyl (C=O) groups excluding carboxylic acids is 2. The lowest BCUT2D eigenvalue weighted by molar-refractivity contribution is -0.135. The molecule has 1 aromatic heterocycles. The van der Waals surface area contributed by atoms with Gasteiger partial charge >= 0.3 is 0 Å². The van der Waals surface area contributed by atoms with Gasteiger partial charge in [0, 0.05) is 38.0 Å². The lowest BCUT2D eigenvalue weighted by atomic mass is 9.88. The minimum atomic E-state index is -0.124. The van der Waals surface area contributed by atoms with Crippen molar-refractivity contribution in [3.8, 4) is 0 Å². The molecule has 2 aliphatic rings. The second-order valence-corrected chi connectivity index (χ2v) is 6.94. The van der Waals surface area contributed by atoms with Crippen LogP contribution in [0.3, 0.4) is 0 Å². The number of hydrogen-bond acceptors (Lipinski definition) is 3. The van der Waals surface area contributed by atoms with Crippen LogP contribution in [-0.2, 0) is 9.59 Å². The zero-order chi connectivity index (χ0) is 16.4. The molecule has 1 aliphatic carbocycles. The van der Waals surface area contributed by atoms with Gasteiger partial charge in [0.05, 0.1) is 11.7 Å². The Balaban J connectivity index is 1.73. The molecule has 2 fully saturated rings. The van der Waals surface area contributed by atoms with Crippen molar-refractivity contribution in [2.24, 2.45) is 17.8 Å². The fourth-order valence-corrected chi connectivity index (χ4v) is 3.60. The molecular formula is C18H25N3O2. The van der Waals surface area contributed by atoms with Crippen LogP contribution >= 0.6 is 0 Å². The van der Waals surface area contributed by atoms with Gasteiger partial charge in [-0.15, -0.1) is 0 Å². The maximum absolute atomic E-state index is 12.5. The second kappa shape index (κ2) is 6.69. The molecule has 1 saturated heterocycles. The fourth-order valence-electron chi connectivity index (χ4n) is 3.60. The summed E-state index contributed by atoms with van der Waals surface area (Å²) in [5.41, 5.74) is 0.877. The number of amides is 2. The van der Waals surface area contributed by atoms with E-state index in [0.29, 0.717) is 18.4 Å². The van der Waals surface area contributed by atoms with Crippen molar-refractivity contribution in [2.75, 3.05) is 13.1 Å². The van der Waals surface area contributed by atoms with Crippen molar-refractivity contribution >= 4 is 11.8 Å². The number of aromatic nitrogens is 1. The third-order valence-electron chi connectivity index (χ3n) is 5.03. The molecule has 0 aromatic carbocycles. The van der Waals surface area contributed by atoms with Crippen LogP contribution in [0.2, 0.25) is 0 Å². The number of carbonyl (C=O) groups is 2. The summed E-state index contributed by atoms with van der Waals surface area (Å²) in [4.78, 5) is 30.6. The third kappa shape index (κ3) is 3.71. The predicted octanol–water partition coefficient (Wildman–Crippen LogP) is 2.15. The molecular weight excluding hydrogens is 290 g/mol. The van der Waals surface area contributed by atoms with Crippen LogP contribution in [0.5, 0.6) is 0 Å². The van der Waals surface area contributed by atoms with Gasteiger partial charge in [0.1, 0.15) is 0 Å². The minimum absolute atomic E-state index is 0.0556. The zero-order valence-corrected chi connectivity index (χ0v) is 13.9. The lowest BCUT2D eigenvalue weighted by Crippen LogP contribution is -2.45. The topological polar surface area (TPSA) is 62.3 Å². The Morgan fingerprint density at radius 2 is 2.17 bits per heavy atom. The lowest BCUT2D eigenvalue weighted by Gasteiger charge is -2.37. The number of nitrogens with zero attached hydrogens (tertiary/aromatic N) is 2. The van der Waals surface area contributed by atoms with Gasteiger partial charge in [-0.05, 0) is 37.3 Å². The van der Waals surface area contributed by atoms with Crippen LogP contribution < -0.4 is 5.32 Å². The van der Waals surface area contributed by atoms with Crippen molar-refractivity contribution in [1.82, 2.24) is 15.2 Å².